The first-order valence-corrected chi connectivity index (χ1v) is 9.49. The molecule has 1 N–H and O–H groups in total. The molecule has 0 aromatic carbocycles. The molecule has 1 aromatic heterocycles. The summed E-state index contributed by atoms with van der Waals surface area (Å²) in [5, 5.41) is 3.15. The minimum Gasteiger partial charge on any atom is -0.355 e. The summed E-state index contributed by atoms with van der Waals surface area (Å²) in [5.41, 5.74) is 0.986. The van der Waals surface area contributed by atoms with Gasteiger partial charge in [-0.3, -0.25) is 4.98 Å². The molecule has 0 unspecified atom stereocenters. The molecule has 1 rings (SSSR count). The summed E-state index contributed by atoms with van der Waals surface area (Å²) >= 11 is 0. The maximum atomic E-state index is 13.7. The van der Waals surface area contributed by atoms with Gasteiger partial charge in [0.1, 0.15) is 5.69 Å². The van der Waals surface area contributed by atoms with Crippen molar-refractivity contribution in [3.63, 3.8) is 0 Å². The highest BCUT2D eigenvalue weighted by Gasteiger charge is 2.30. The summed E-state index contributed by atoms with van der Waals surface area (Å²) in [7, 11) is 0. The fourth-order valence-electron chi connectivity index (χ4n) is 2.59. The first-order chi connectivity index (χ1) is 12.7. The maximum absolute atomic E-state index is 13.7. The molecule has 0 aliphatic rings. The van der Waals surface area contributed by atoms with Gasteiger partial charge in [0.05, 0.1) is 17.6 Å². The van der Waals surface area contributed by atoms with Gasteiger partial charge < -0.3 is 10.2 Å². The zero-order chi connectivity index (χ0) is 20.4. The third kappa shape index (κ3) is 7.12. The number of aromatic nitrogens is 1. The van der Waals surface area contributed by atoms with E-state index < -0.39 is 5.92 Å². The normalized spacial score (nSPS) is 12.7. The molecule has 0 saturated carbocycles. The molecular weight excluding hydrogens is 346 g/mol. The Balaban J connectivity index is 3.02. The van der Waals surface area contributed by atoms with Crippen LogP contribution in [0.3, 0.4) is 0 Å². The Morgan fingerprint density at radius 3 is 2.56 bits per heavy atom. The number of allylic oxidation sites excluding steroid dienone is 1. The molecule has 0 aliphatic carbocycles. The molecule has 0 fully saturated rings. The monoisotopic (exact) mass is 378 g/mol. The number of nitrogens with zero attached hydrogens (tertiary/aromatic N) is 3. The van der Waals surface area contributed by atoms with E-state index in [4.69, 9.17) is 0 Å². The van der Waals surface area contributed by atoms with Gasteiger partial charge in [0, 0.05) is 25.7 Å². The van der Waals surface area contributed by atoms with E-state index in [9.17, 15) is 8.78 Å². The average molecular weight is 379 g/mol. The molecule has 4 nitrogen and oxygen atoms in total. The quantitative estimate of drug-likeness (QED) is 0.413. The van der Waals surface area contributed by atoms with E-state index in [1.54, 1.807) is 12.3 Å². The van der Waals surface area contributed by atoms with Crippen LogP contribution in [0.2, 0.25) is 0 Å². The predicted molar refractivity (Wildman–Crippen MR) is 110 cm³/mol. The van der Waals surface area contributed by atoms with Gasteiger partial charge in [-0.1, -0.05) is 40.3 Å². The number of halogens is 2. The van der Waals surface area contributed by atoms with Crippen molar-refractivity contribution in [1.82, 2.24) is 9.88 Å². The topological polar surface area (TPSA) is 40.5 Å². The van der Waals surface area contributed by atoms with Crippen LogP contribution in [-0.2, 0) is 5.92 Å². The second kappa shape index (κ2) is 10.8. The van der Waals surface area contributed by atoms with Crippen LogP contribution in [0, 0.1) is 5.92 Å². The first-order valence-electron chi connectivity index (χ1n) is 9.49. The Bertz CT molecular complexity index is 649. The van der Waals surface area contributed by atoms with E-state index in [1.165, 1.54) is 19.2 Å². The molecule has 0 radical (unpaired) electrons. The summed E-state index contributed by atoms with van der Waals surface area (Å²) < 4.78 is 27.5. The third-order valence-corrected chi connectivity index (χ3v) is 3.87. The highest BCUT2D eigenvalue weighted by molar-refractivity contribution is 6.00. The molecule has 0 spiro atoms. The Hall–Kier alpha value is -2.24. The molecule has 150 valence electrons. The maximum Gasteiger partial charge on any atom is 0.289 e. The van der Waals surface area contributed by atoms with E-state index in [2.05, 4.69) is 47.5 Å². The van der Waals surface area contributed by atoms with Gasteiger partial charge in [-0.15, -0.1) is 0 Å². The van der Waals surface area contributed by atoms with Crippen LogP contribution in [0.5, 0.6) is 0 Å². The van der Waals surface area contributed by atoms with Crippen LogP contribution < -0.4 is 5.32 Å². The van der Waals surface area contributed by atoms with Crippen LogP contribution in [0.25, 0.3) is 0 Å². The molecule has 0 atom stereocenters. The van der Waals surface area contributed by atoms with Gasteiger partial charge in [-0.05, 0) is 31.4 Å². The van der Waals surface area contributed by atoms with Crippen molar-refractivity contribution >= 4 is 11.5 Å². The molecule has 0 amide bonds. The largest absolute Gasteiger partial charge is 0.355 e. The summed E-state index contributed by atoms with van der Waals surface area (Å²) in [4.78, 5) is 10.6. The average Bonchev–Trinajstić information content (AvgIpc) is 2.62. The molecular formula is C21H32F2N4. The number of anilines is 1. The smallest absolute Gasteiger partial charge is 0.289 e. The second-order valence-electron chi connectivity index (χ2n) is 6.87. The molecule has 1 aromatic rings. The second-order valence-corrected chi connectivity index (χ2v) is 6.87. The fraction of sp³-hybridized carbons (Fsp3) is 0.524. The number of hydrogen-bond donors (Lipinski definition) is 1. The summed E-state index contributed by atoms with van der Waals surface area (Å²) in [6.45, 7) is 15.6. The first kappa shape index (κ1) is 22.8. The van der Waals surface area contributed by atoms with Crippen molar-refractivity contribution in [2.75, 3.05) is 18.4 Å². The number of pyridine rings is 1. The van der Waals surface area contributed by atoms with E-state index in [-0.39, 0.29) is 12.1 Å². The Labute approximate surface area is 162 Å². The summed E-state index contributed by atoms with van der Waals surface area (Å²) in [6.07, 6.45) is 5.70. The summed E-state index contributed by atoms with van der Waals surface area (Å²) in [6, 6.07) is 2.94. The van der Waals surface area contributed by atoms with Gasteiger partial charge >= 0.3 is 0 Å². The Morgan fingerprint density at radius 1 is 1.37 bits per heavy atom. The van der Waals surface area contributed by atoms with Crippen LogP contribution in [0.15, 0.2) is 47.9 Å². The van der Waals surface area contributed by atoms with Gasteiger partial charge in [0.2, 0.25) is 0 Å². The molecule has 0 saturated heterocycles. The number of rotatable bonds is 10. The SMILES string of the molecule is C=C(Nc1ccc(C(F)(F)CC)nc1)C(=N/C=C\C)N(CCC)CC(C)C. The van der Waals surface area contributed by atoms with Crippen molar-refractivity contribution in [3.8, 4) is 0 Å². The predicted octanol–water partition coefficient (Wildman–Crippen LogP) is 5.81. The lowest BCUT2D eigenvalue weighted by Crippen LogP contribution is -2.37. The zero-order valence-electron chi connectivity index (χ0n) is 17.1. The molecule has 27 heavy (non-hydrogen) atoms. The molecule has 0 bridgehead atoms. The van der Waals surface area contributed by atoms with Gasteiger partial charge in [0.25, 0.3) is 5.92 Å². The van der Waals surface area contributed by atoms with Gasteiger partial charge in [-0.25, -0.2) is 4.99 Å². The number of amidine groups is 1. The van der Waals surface area contributed by atoms with Gasteiger partial charge in [0.15, 0.2) is 5.84 Å². The Kier molecular flexibility index (Phi) is 9.12. The van der Waals surface area contributed by atoms with Crippen LogP contribution >= 0.6 is 0 Å². The number of alkyl halides is 2. The lowest BCUT2D eigenvalue weighted by Gasteiger charge is -2.28. The lowest BCUT2D eigenvalue weighted by atomic mass is 10.1. The number of hydrogen-bond acceptors (Lipinski definition) is 3. The third-order valence-electron chi connectivity index (χ3n) is 3.87. The number of aliphatic imine (C=N–C) groups is 1. The highest BCUT2D eigenvalue weighted by atomic mass is 19.3. The minimum absolute atomic E-state index is 0.226. The van der Waals surface area contributed by atoms with Crippen molar-refractivity contribution in [1.29, 1.82) is 0 Å². The fourth-order valence-corrected chi connectivity index (χ4v) is 2.59. The van der Waals surface area contributed by atoms with Crippen molar-refractivity contribution in [3.05, 3.63) is 48.6 Å². The Morgan fingerprint density at radius 2 is 2.07 bits per heavy atom. The van der Waals surface area contributed by atoms with E-state index in [1.807, 2.05) is 13.0 Å². The molecule has 6 heteroatoms. The summed E-state index contributed by atoms with van der Waals surface area (Å²) in [5.74, 6) is -1.70. The van der Waals surface area contributed by atoms with E-state index in [0.717, 1.165) is 25.3 Å². The lowest BCUT2D eigenvalue weighted by molar-refractivity contribution is -0.0127. The van der Waals surface area contributed by atoms with Crippen LogP contribution in [-0.4, -0.2) is 28.8 Å². The van der Waals surface area contributed by atoms with Gasteiger partial charge in [-0.2, -0.15) is 8.78 Å². The molecule has 0 aliphatic heterocycles. The minimum atomic E-state index is -2.91. The molecule has 1 heterocycles. The van der Waals surface area contributed by atoms with Crippen molar-refractivity contribution in [2.24, 2.45) is 10.9 Å². The van der Waals surface area contributed by atoms with Crippen LogP contribution in [0.4, 0.5) is 14.5 Å². The van der Waals surface area contributed by atoms with Crippen molar-refractivity contribution < 1.29 is 8.78 Å². The number of nitrogens with one attached hydrogen (secondary N) is 1. The standard InChI is InChI=1S/C21H32F2N4/c1-7-12-24-20(27(13-8-2)15-16(4)5)17(6)26-18-10-11-19(25-14-18)21(22,23)9-3/h7,10-12,14,16,26H,6,8-9,13,15H2,1-5H3/b12-7-,24-20?. The van der Waals surface area contributed by atoms with Crippen molar-refractivity contribution in [2.45, 2.75) is 53.4 Å². The zero-order valence-corrected chi connectivity index (χ0v) is 17.1. The van der Waals surface area contributed by atoms with Crippen LogP contribution in [0.1, 0.15) is 53.2 Å². The van der Waals surface area contributed by atoms with E-state index >= 15 is 0 Å². The highest BCUT2D eigenvalue weighted by Crippen LogP contribution is 2.30. The van der Waals surface area contributed by atoms with E-state index in [0.29, 0.717) is 17.3 Å².